The van der Waals surface area contributed by atoms with Crippen LogP contribution in [-0.2, 0) is 39.8 Å². The van der Waals surface area contributed by atoms with Gasteiger partial charge in [0, 0.05) is 25.4 Å². The van der Waals surface area contributed by atoms with Gasteiger partial charge in [0.05, 0.1) is 18.7 Å². The predicted octanol–water partition coefficient (Wildman–Crippen LogP) is -1.57. The Balaban J connectivity index is 1.01. The highest BCUT2D eigenvalue weighted by atomic mass is 16.7. The number of ether oxygens (including phenoxy) is 6. The first-order chi connectivity index (χ1) is 30.2. The van der Waals surface area contributed by atoms with Crippen molar-refractivity contribution in [1.29, 1.82) is 0 Å². The van der Waals surface area contributed by atoms with Crippen LogP contribution < -0.4 is 21.7 Å². The number of hydrogen-bond donors (Lipinski definition) is 11. The Morgan fingerprint density at radius 1 is 0.683 bits per heavy atom. The van der Waals surface area contributed by atoms with Gasteiger partial charge in [0.15, 0.2) is 12.6 Å². The fourth-order valence-corrected chi connectivity index (χ4v) is 8.61. The molecule has 7 rings (SSSR count). The number of fused-ring (bicyclic) bond motifs is 3. The molecule has 1 saturated carbocycles. The van der Waals surface area contributed by atoms with Crippen LogP contribution in [0.1, 0.15) is 36.0 Å². The molecule has 15 atom stereocenters. The maximum Gasteiger partial charge on any atom is 0.407 e. The number of carbonyl (C=O) groups is 3. The normalized spacial score (nSPS) is 34.0. The second-order valence-corrected chi connectivity index (χ2v) is 16.1. The van der Waals surface area contributed by atoms with Crippen LogP contribution in [0.2, 0.25) is 0 Å². The maximum absolute atomic E-state index is 13.3. The lowest BCUT2D eigenvalue weighted by Crippen LogP contribution is -2.69. The Hall–Kier alpha value is -4.81. The van der Waals surface area contributed by atoms with E-state index in [1.54, 1.807) is 30.3 Å². The Morgan fingerprint density at radius 3 is 1.94 bits per heavy atom. The first-order valence-electron chi connectivity index (χ1n) is 20.7. The second kappa shape index (κ2) is 20.4. The van der Waals surface area contributed by atoms with Crippen molar-refractivity contribution in [3.63, 3.8) is 0 Å². The van der Waals surface area contributed by atoms with E-state index in [0.717, 1.165) is 27.8 Å². The van der Waals surface area contributed by atoms with Gasteiger partial charge in [-0.3, -0.25) is 4.79 Å². The molecule has 0 bridgehead atoms. The zero-order chi connectivity index (χ0) is 44.9. The summed E-state index contributed by atoms with van der Waals surface area (Å²) in [4.78, 5) is 38.0. The third-order valence-electron chi connectivity index (χ3n) is 11.8. The third kappa shape index (κ3) is 10.3. The molecule has 3 amide bonds. The molecule has 2 heterocycles. The van der Waals surface area contributed by atoms with Crippen LogP contribution in [0.4, 0.5) is 9.59 Å². The van der Waals surface area contributed by atoms with Crippen LogP contribution in [-0.4, -0.2) is 165 Å². The van der Waals surface area contributed by atoms with Gasteiger partial charge in [0.2, 0.25) is 5.91 Å². The van der Waals surface area contributed by atoms with Crippen molar-refractivity contribution in [1.82, 2.24) is 16.0 Å². The van der Waals surface area contributed by atoms with E-state index in [-0.39, 0.29) is 25.6 Å². The van der Waals surface area contributed by atoms with E-state index < -0.39 is 123 Å². The van der Waals surface area contributed by atoms with Gasteiger partial charge in [-0.05, 0) is 34.2 Å². The van der Waals surface area contributed by atoms with E-state index in [2.05, 4.69) is 16.0 Å². The zero-order valence-corrected chi connectivity index (χ0v) is 34.2. The van der Waals surface area contributed by atoms with Crippen LogP contribution in [0.5, 0.6) is 0 Å². The topological polar surface area (TPSA) is 310 Å². The van der Waals surface area contributed by atoms with Crippen molar-refractivity contribution in [3.8, 4) is 11.1 Å². The Kier molecular flexibility index (Phi) is 14.9. The highest BCUT2D eigenvalue weighted by Crippen LogP contribution is 2.44. The number of alkyl carbamates (subject to hydrolysis) is 2. The molecule has 12 N–H and O–H groups in total. The molecule has 0 aromatic heterocycles. The number of benzene rings is 3. The highest BCUT2D eigenvalue weighted by Gasteiger charge is 2.53. The Morgan fingerprint density at radius 2 is 1.29 bits per heavy atom. The summed E-state index contributed by atoms with van der Waals surface area (Å²) in [6, 6.07) is 20.6. The van der Waals surface area contributed by atoms with E-state index in [4.69, 9.17) is 34.2 Å². The van der Waals surface area contributed by atoms with E-state index in [1.807, 2.05) is 48.5 Å². The molecule has 3 aromatic rings. The fourth-order valence-electron chi connectivity index (χ4n) is 8.61. The molecule has 342 valence electrons. The monoisotopic (exact) mass is 882 g/mol. The molecule has 9 unspecified atom stereocenters. The fraction of sp³-hybridized carbons (Fsp3) is 0.512. The summed E-state index contributed by atoms with van der Waals surface area (Å²) in [7, 11) is 0. The van der Waals surface area contributed by atoms with Crippen LogP contribution in [0.25, 0.3) is 11.1 Å². The summed E-state index contributed by atoms with van der Waals surface area (Å²) in [6.07, 6.45) is -22.0. The molecule has 0 spiro atoms. The van der Waals surface area contributed by atoms with Crippen molar-refractivity contribution in [2.45, 2.75) is 118 Å². The van der Waals surface area contributed by atoms with Crippen molar-refractivity contribution >= 4 is 18.1 Å². The van der Waals surface area contributed by atoms with E-state index in [1.165, 1.54) is 6.92 Å². The van der Waals surface area contributed by atoms with Gasteiger partial charge in [-0.2, -0.15) is 0 Å². The first-order valence-corrected chi connectivity index (χ1v) is 20.7. The van der Waals surface area contributed by atoms with E-state index in [0.29, 0.717) is 0 Å². The number of hydrogen-bond acceptors (Lipinski definition) is 17. The van der Waals surface area contributed by atoms with Crippen molar-refractivity contribution in [2.75, 3.05) is 19.8 Å². The van der Waals surface area contributed by atoms with E-state index in [9.17, 15) is 50.1 Å². The predicted molar refractivity (Wildman–Crippen MR) is 217 cm³/mol. The van der Waals surface area contributed by atoms with Gasteiger partial charge < -0.3 is 85.9 Å². The molecule has 3 aromatic carbocycles. The number of nitrogens with two attached hydrogens (primary N) is 1. The SMILES string of the molecule is CC(=O)NC1C[C@@H](N)C(O[C@H]2OC(CO)[C@@H](O)C(NC(=O)OCC3c4ccccc4-c4ccccc43)C2O)C(O)[C@@H]1O[C@H]1OC(CNC(=O)OCc2ccccc2)[C@@H](O)C(O)C1O. The molecule has 20 heteroatoms. The lowest BCUT2D eigenvalue weighted by Gasteiger charge is -2.49. The van der Waals surface area contributed by atoms with Crippen LogP contribution in [0.3, 0.4) is 0 Å². The second-order valence-electron chi connectivity index (χ2n) is 16.1. The minimum absolute atomic E-state index is 0.0524. The smallest absolute Gasteiger partial charge is 0.407 e. The standard InChI is InChI=1S/C43H54N4O16/c1-20(49)46-28-15-27(44)38(37(55)39(28)63-41-36(54)35(53)33(51)29(60-41)16-45-42(56)58-18-21-9-3-2-4-10-21)62-40-34(52)31(32(50)30(17-48)61-40)47-43(57)59-19-26-24-13-7-5-11-22(24)23-12-6-8-14-25(23)26/h2-14,26-41,48,50-55H,15-19,44H2,1H3,(H,45,56)(H,46,49)(H,47,57)/t27-,28?,29?,30?,31?,32-,33-,34?,35?,36?,37?,38?,39-,40-,41-/m1/s1. The van der Waals surface area contributed by atoms with Crippen molar-refractivity contribution in [2.24, 2.45) is 5.73 Å². The Bertz CT molecular complexity index is 1990. The molecule has 20 nitrogen and oxygen atoms in total. The largest absolute Gasteiger partial charge is 0.449 e. The first kappa shape index (κ1) is 46.2. The molecular formula is C43H54N4O16. The summed E-state index contributed by atoms with van der Waals surface area (Å²) < 4.78 is 34.4. The summed E-state index contributed by atoms with van der Waals surface area (Å²) in [5, 5.41) is 84.4. The lowest BCUT2D eigenvalue weighted by atomic mass is 9.83. The van der Waals surface area contributed by atoms with Gasteiger partial charge >= 0.3 is 12.2 Å². The van der Waals surface area contributed by atoms with Gasteiger partial charge in [-0.1, -0.05) is 78.9 Å². The highest BCUT2D eigenvalue weighted by molar-refractivity contribution is 5.79. The number of rotatable bonds is 13. The molecule has 2 aliphatic heterocycles. The zero-order valence-electron chi connectivity index (χ0n) is 34.2. The molecule has 2 aliphatic carbocycles. The van der Waals surface area contributed by atoms with Crippen LogP contribution >= 0.6 is 0 Å². The number of amides is 3. The summed E-state index contributed by atoms with van der Waals surface area (Å²) in [5.41, 5.74) is 11.1. The van der Waals surface area contributed by atoms with Crippen molar-refractivity contribution in [3.05, 3.63) is 95.6 Å². The molecule has 4 aliphatic rings. The summed E-state index contributed by atoms with van der Waals surface area (Å²) in [5.74, 6) is -0.832. The summed E-state index contributed by atoms with van der Waals surface area (Å²) in [6.45, 7) is -0.107. The van der Waals surface area contributed by atoms with Crippen LogP contribution in [0, 0.1) is 0 Å². The number of nitrogens with one attached hydrogen (secondary N) is 3. The third-order valence-corrected chi connectivity index (χ3v) is 11.8. The molecule has 2 saturated heterocycles. The van der Waals surface area contributed by atoms with E-state index >= 15 is 0 Å². The molecule has 3 fully saturated rings. The average molecular weight is 883 g/mol. The summed E-state index contributed by atoms with van der Waals surface area (Å²) >= 11 is 0. The van der Waals surface area contributed by atoms with Gasteiger partial charge in [-0.15, -0.1) is 0 Å². The van der Waals surface area contributed by atoms with Gasteiger partial charge in [-0.25, -0.2) is 9.59 Å². The number of aliphatic hydroxyl groups is 7. The van der Waals surface area contributed by atoms with Gasteiger partial charge in [0.25, 0.3) is 0 Å². The Labute approximate surface area is 361 Å². The minimum Gasteiger partial charge on any atom is -0.449 e. The van der Waals surface area contributed by atoms with Crippen molar-refractivity contribution < 1.29 is 78.6 Å². The number of aliphatic hydroxyl groups excluding tert-OH is 7. The molecular weight excluding hydrogens is 828 g/mol. The van der Waals surface area contributed by atoms with Crippen LogP contribution in [0.15, 0.2) is 78.9 Å². The van der Waals surface area contributed by atoms with Gasteiger partial charge in [0.1, 0.15) is 74.3 Å². The number of carbonyl (C=O) groups excluding carboxylic acids is 3. The lowest BCUT2D eigenvalue weighted by molar-refractivity contribution is -0.333. The quantitative estimate of drug-likeness (QED) is 0.0925. The minimum atomic E-state index is -1.90. The average Bonchev–Trinajstić information content (AvgIpc) is 3.60. The maximum atomic E-state index is 13.3. The molecule has 63 heavy (non-hydrogen) atoms. The molecule has 0 radical (unpaired) electrons.